The molecule has 2 fully saturated rings. The number of aliphatic hydroxyl groups excluding tert-OH is 3. The maximum absolute atomic E-state index is 10.8. The van der Waals surface area contributed by atoms with E-state index in [2.05, 4.69) is 0 Å². The maximum atomic E-state index is 10.8. The van der Waals surface area contributed by atoms with Gasteiger partial charge in [-0.2, -0.15) is 0 Å². The number of aryl methyl sites for hydroxylation is 1. The zero-order valence-corrected chi connectivity index (χ0v) is 16.9. The summed E-state index contributed by atoms with van der Waals surface area (Å²) in [5.41, 5.74) is 0.486. The maximum Gasteiger partial charge on any atom is 0.303 e. The highest BCUT2D eigenvalue weighted by atomic mass is 16.7. The summed E-state index contributed by atoms with van der Waals surface area (Å²) in [4.78, 5) is 10.8. The fourth-order valence-electron chi connectivity index (χ4n) is 3.90. The number of aliphatic hydroxyl groups is 3. The first kappa shape index (κ1) is 22.8. The van der Waals surface area contributed by atoms with Gasteiger partial charge >= 0.3 is 5.97 Å². The summed E-state index contributed by atoms with van der Waals surface area (Å²) in [5, 5.41) is 48.9. The number of ether oxygens (including phenoxy) is 3. The number of carboxylic acids is 1. The van der Waals surface area contributed by atoms with Crippen molar-refractivity contribution >= 4 is 5.97 Å². The Morgan fingerprint density at radius 2 is 1.80 bits per heavy atom. The SMILES string of the molecule is C[C@@H]1O[C@@H](O[C@@H]2CCCC[C@H]2Oc2ccc(O)c(CCC(=O)O)c2)[C@@H](O)[C@H](O)[C@@H]1O. The Kier molecular flexibility index (Phi) is 7.54. The lowest BCUT2D eigenvalue weighted by Gasteiger charge is -2.42. The molecule has 0 bridgehead atoms. The van der Waals surface area contributed by atoms with Gasteiger partial charge in [0.25, 0.3) is 0 Å². The van der Waals surface area contributed by atoms with Crippen LogP contribution in [0.15, 0.2) is 18.2 Å². The van der Waals surface area contributed by atoms with Crippen LogP contribution in [0.2, 0.25) is 0 Å². The van der Waals surface area contributed by atoms with Crippen LogP contribution < -0.4 is 4.74 Å². The third kappa shape index (κ3) is 5.41. The van der Waals surface area contributed by atoms with Crippen molar-refractivity contribution in [3.8, 4) is 11.5 Å². The lowest BCUT2D eigenvalue weighted by atomic mass is 9.94. The quantitative estimate of drug-likeness (QED) is 0.430. The third-order valence-corrected chi connectivity index (χ3v) is 5.71. The van der Waals surface area contributed by atoms with Crippen LogP contribution in [-0.2, 0) is 20.7 Å². The van der Waals surface area contributed by atoms with E-state index >= 15 is 0 Å². The highest BCUT2D eigenvalue weighted by molar-refractivity contribution is 5.67. The molecule has 3 rings (SSSR count). The van der Waals surface area contributed by atoms with Crippen LogP contribution in [0, 0.1) is 0 Å². The van der Waals surface area contributed by atoms with Gasteiger partial charge in [0, 0.05) is 6.42 Å². The molecule has 9 nitrogen and oxygen atoms in total. The predicted octanol–water partition coefficient (Wildman–Crippen LogP) is 0.943. The van der Waals surface area contributed by atoms with Gasteiger partial charge < -0.3 is 39.7 Å². The van der Waals surface area contributed by atoms with Crippen molar-refractivity contribution in [3.05, 3.63) is 23.8 Å². The molecule has 0 spiro atoms. The van der Waals surface area contributed by atoms with E-state index in [0.29, 0.717) is 24.2 Å². The van der Waals surface area contributed by atoms with Crippen LogP contribution >= 0.6 is 0 Å². The first-order valence-electron chi connectivity index (χ1n) is 10.3. The molecule has 1 aliphatic carbocycles. The minimum absolute atomic E-state index is 0.0142. The predicted molar refractivity (Wildman–Crippen MR) is 104 cm³/mol. The summed E-state index contributed by atoms with van der Waals surface area (Å²) in [6.07, 6.45) is -3.15. The molecular weight excluding hydrogens is 396 g/mol. The molecule has 0 amide bonds. The van der Waals surface area contributed by atoms with Crippen LogP contribution in [0.25, 0.3) is 0 Å². The molecule has 1 heterocycles. The van der Waals surface area contributed by atoms with Crippen molar-refractivity contribution < 1.29 is 44.5 Å². The van der Waals surface area contributed by atoms with Gasteiger partial charge in [0.1, 0.15) is 35.9 Å². The average Bonchev–Trinajstić information content (AvgIpc) is 2.72. The number of rotatable bonds is 7. The van der Waals surface area contributed by atoms with Gasteiger partial charge in [-0.15, -0.1) is 0 Å². The highest BCUT2D eigenvalue weighted by Crippen LogP contribution is 2.32. The van der Waals surface area contributed by atoms with Gasteiger partial charge in [0.2, 0.25) is 0 Å². The van der Waals surface area contributed by atoms with E-state index in [1.165, 1.54) is 6.07 Å². The number of aliphatic carboxylic acids is 1. The van der Waals surface area contributed by atoms with Gasteiger partial charge in [-0.3, -0.25) is 4.79 Å². The normalized spacial score (nSPS) is 34.5. The Bertz CT molecular complexity index is 724. The van der Waals surface area contributed by atoms with Gasteiger partial charge in [-0.05, 0) is 56.4 Å². The lowest BCUT2D eigenvalue weighted by Crippen LogP contribution is -2.58. The first-order valence-corrected chi connectivity index (χ1v) is 10.3. The summed E-state index contributed by atoms with van der Waals surface area (Å²) >= 11 is 0. The Labute approximate surface area is 174 Å². The summed E-state index contributed by atoms with van der Waals surface area (Å²) < 4.78 is 17.6. The van der Waals surface area contributed by atoms with Crippen molar-refractivity contribution in [1.29, 1.82) is 0 Å². The lowest BCUT2D eigenvalue weighted by molar-refractivity contribution is -0.311. The first-order chi connectivity index (χ1) is 14.3. The smallest absolute Gasteiger partial charge is 0.303 e. The molecule has 1 aromatic carbocycles. The van der Waals surface area contributed by atoms with Crippen LogP contribution in [0.5, 0.6) is 11.5 Å². The van der Waals surface area contributed by atoms with Crippen LogP contribution in [0.3, 0.4) is 0 Å². The number of hydrogen-bond donors (Lipinski definition) is 5. The van der Waals surface area contributed by atoms with Crippen molar-refractivity contribution in [2.75, 3.05) is 0 Å². The standard InChI is InChI=1S/C21H30O9/c1-11-18(25)19(26)20(27)21(28-11)30-16-5-3-2-4-15(16)29-13-7-8-14(22)12(10-13)6-9-17(23)24/h7-8,10-11,15-16,18-22,25-27H,2-6,9H2,1H3,(H,23,24)/t11-,15+,16+,18+,19+,20-,21-/m0/s1. The van der Waals surface area contributed by atoms with Crippen molar-refractivity contribution in [2.24, 2.45) is 0 Å². The zero-order chi connectivity index (χ0) is 21.8. The van der Waals surface area contributed by atoms with Crippen LogP contribution in [0.4, 0.5) is 0 Å². The minimum atomic E-state index is -1.38. The van der Waals surface area contributed by atoms with E-state index < -0.39 is 42.8 Å². The van der Waals surface area contributed by atoms with E-state index in [1.807, 2.05) is 0 Å². The van der Waals surface area contributed by atoms with E-state index in [1.54, 1.807) is 19.1 Å². The van der Waals surface area contributed by atoms with Crippen molar-refractivity contribution in [3.63, 3.8) is 0 Å². The second kappa shape index (κ2) is 9.93. The Morgan fingerprint density at radius 3 is 2.50 bits per heavy atom. The molecule has 30 heavy (non-hydrogen) atoms. The molecule has 0 unspecified atom stereocenters. The third-order valence-electron chi connectivity index (χ3n) is 5.71. The number of carboxylic acid groups (broad SMARTS) is 1. The minimum Gasteiger partial charge on any atom is -0.508 e. The second-order valence-electron chi connectivity index (χ2n) is 7.98. The molecule has 0 radical (unpaired) electrons. The highest BCUT2D eigenvalue weighted by Gasteiger charge is 2.44. The molecule has 0 aromatic heterocycles. The zero-order valence-electron chi connectivity index (χ0n) is 16.9. The fraction of sp³-hybridized carbons (Fsp3) is 0.667. The molecular formula is C21H30O9. The molecule has 1 saturated carbocycles. The topological polar surface area (TPSA) is 146 Å². The molecule has 1 aromatic rings. The number of carbonyl (C=O) groups is 1. The summed E-state index contributed by atoms with van der Waals surface area (Å²) in [5.74, 6) is -0.447. The van der Waals surface area contributed by atoms with Gasteiger partial charge in [0.15, 0.2) is 6.29 Å². The molecule has 9 heteroatoms. The molecule has 5 N–H and O–H groups in total. The number of hydrogen-bond acceptors (Lipinski definition) is 8. The van der Waals surface area contributed by atoms with Crippen LogP contribution in [0.1, 0.15) is 44.6 Å². The van der Waals surface area contributed by atoms with Crippen molar-refractivity contribution in [1.82, 2.24) is 0 Å². The van der Waals surface area contributed by atoms with E-state index in [9.17, 15) is 25.2 Å². The second-order valence-corrected chi connectivity index (χ2v) is 7.98. The number of phenolic OH excluding ortho intramolecular Hbond substituents is 1. The van der Waals surface area contributed by atoms with Gasteiger partial charge in [0.05, 0.1) is 12.2 Å². The Hall–Kier alpha value is -1.91. The van der Waals surface area contributed by atoms with E-state index in [4.69, 9.17) is 19.3 Å². The molecule has 1 saturated heterocycles. The van der Waals surface area contributed by atoms with Crippen molar-refractivity contribution in [2.45, 2.75) is 88.4 Å². The van der Waals surface area contributed by atoms with E-state index in [0.717, 1.165) is 12.8 Å². The monoisotopic (exact) mass is 426 g/mol. The summed E-state index contributed by atoms with van der Waals surface area (Å²) in [6, 6.07) is 4.70. The van der Waals surface area contributed by atoms with Gasteiger partial charge in [-0.25, -0.2) is 0 Å². The molecule has 168 valence electrons. The van der Waals surface area contributed by atoms with Gasteiger partial charge in [-0.1, -0.05) is 6.42 Å². The Balaban J connectivity index is 1.67. The number of aromatic hydroxyl groups is 1. The molecule has 1 aliphatic heterocycles. The average molecular weight is 426 g/mol. The molecule has 7 atom stereocenters. The number of phenols is 1. The molecule has 2 aliphatic rings. The Morgan fingerprint density at radius 1 is 1.10 bits per heavy atom. The summed E-state index contributed by atoms with van der Waals surface area (Å²) in [7, 11) is 0. The van der Waals surface area contributed by atoms with Crippen LogP contribution in [-0.4, -0.2) is 74.4 Å². The van der Waals surface area contributed by atoms with E-state index in [-0.39, 0.29) is 24.7 Å². The summed E-state index contributed by atoms with van der Waals surface area (Å²) in [6.45, 7) is 1.60. The number of benzene rings is 1. The fourth-order valence-corrected chi connectivity index (χ4v) is 3.90. The largest absolute Gasteiger partial charge is 0.508 e.